The maximum Gasteiger partial charge on any atom is 0.253 e. The van der Waals surface area contributed by atoms with Gasteiger partial charge in [0.2, 0.25) is 0 Å². The lowest BCUT2D eigenvalue weighted by Crippen LogP contribution is -2.36. The number of nitrogens with two attached hydrogens (primary N) is 1. The lowest BCUT2D eigenvalue weighted by molar-refractivity contribution is -0.116. The third kappa shape index (κ3) is 5.17. The van der Waals surface area contributed by atoms with E-state index < -0.39 is 11.9 Å². The summed E-state index contributed by atoms with van der Waals surface area (Å²) in [6.07, 6.45) is 1.69. The van der Waals surface area contributed by atoms with Crippen molar-refractivity contribution in [2.45, 2.75) is 6.92 Å². The molecule has 1 amide bonds. The summed E-state index contributed by atoms with van der Waals surface area (Å²) < 4.78 is 5.87. The van der Waals surface area contributed by atoms with Crippen LogP contribution in [0.1, 0.15) is 12.5 Å². The first kappa shape index (κ1) is 20.5. The van der Waals surface area contributed by atoms with Gasteiger partial charge in [0.25, 0.3) is 5.91 Å². The van der Waals surface area contributed by atoms with Gasteiger partial charge >= 0.3 is 0 Å². The Hall–Kier alpha value is -4.26. The van der Waals surface area contributed by atoms with Gasteiger partial charge in [0.1, 0.15) is 23.0 Å². The van der Waals surface area contributed by atoms with Gasteiger partial charge < -0.3 is 20.7 Å². The van der Waals surface area contributed by atoms with Crippen molar-refractivity contribution in [3.8, 4) is 34.1 Å². The molecular weight excluding hydrogens is 382 g/mol. The van der Waals surface area contributed by atoms with Crippen LogP contribution in [0.5, 0.6) is 23.0 Å². The van der Waals surface area contributed by atoms with Crippen LogP contribution in [0.15, 0.2) is 72.3 Å². The largest absolute Gasteiger partial charge is 0.508 e. The van der Waals surface area contributed by atoms with Crippen molar-refractivity contribution in [2.24, 2.45) is 5.73 Å². The second kappa shape index (κ2) is 8.83. The van der Waals surface area contributed by atoms with E-state index in [9.17, 15) is 15.0 Å². The molecule has 0 aliphatic rings. The zero-order valence-electron chi connectivity index (χ0n) is 16.2. The molecule has 0 aromatic heterocycles. The number of phenols is 2. The van der Waals surface area contributed by atoms with Gasteiger partial charge in [-0.15, -0.1) is 0 Å². The second-order valence-corrected chi connectivity index (χ2v) is 6.59. The molecular formula is C23H21N3O4. The third-order valence-corrected chi connectivity index (χ3v) is 4.25. The summed E-state index contributed by atoms with van der Waals surface area (Å²) in [5, 5.41) is 28.5. The Morgan fingerprint density at radius 2 is 1.53 bits per heavy atom. The van der Waals surface area contributed by atoms with E-state index in [1.807, 2.05) is 12.1 Å². The van der Waals surface area contributed by atoms with Gasteiger partial charge in [0.15, 0.2) is 5.96 Å². The lowest BCUT2D eigenvalue weighted by atomic mass is 9.97. The van der Waals surface area contributed by atoms with Gasteiger partial charge in [0, 0.05) is 5.57 Å². The number of hydrogen-bond donors (Lipinski definition) is 5. The predicted octanol–water partition coefficient (Wildman–Crippen LogP) is 3.97. The highest BCUT2D eigenvalue weighted by atomic mass is 16.5. The maximum absolute atomic E-state index is 12.1. The molecule has 0 bridgehead atoms. The first-order chi connectivity index (χ1) is 14.3. The first-order valence-electron chi connectivity index (χ1n) is 9.06. The SMILES string of the molecule is C/C(=C\c1ccc(Oc2ccc(O)cc2)cc1-c1ccc(O)cc1)C(=O)NC(=N)N. The number of phenolic OH excluding ortho intramolecular Hbond substituents is 2. The minimum Gasteiger partial charge on any atom is -0.508 e. The first-order valence-corrected chi connectivity index (χ1v) is 9.06. The molecule has 0 spiro atoms. The number of benzene rings is 3. The molecule has 0 aliphatic carbocycles. The van der Waals surface area contributed by atoms with Crippen molar-refractivity contribution in [2.75, 3.05) is 0 Å². The van der Waals surface area contributed by atoms with Gasteiger partial charge in [-0.05, 0) is 78.2 Å². The van der Waals surface area contributed by atoms with Crippen molar-refractivity contribution >= 4 is 17.9 Å². The Bertz CT molecular complexity index is 1100. The number of guanidine groups is 1. The van der Waals surface area contributed by atoms with Crippen molar-refractivity contribution in [1.29, 1.82) is 5.41 Å². The average molecular weight is 403 g/mol. The molecule has 0 aliphatic heterocycles. The summed E-state index contributed by atoms with van der Waals surface area (Å²) in [6, 6.07) is 18.4. The van der Waals surface area contributed by atoms with Gasteiger partial charge in [0.05, 0.1) is 0 Å². The van der Waals surface area contributed by atoms with E-state index in [2.05, 4.69) is 5.32 Å². The number of amides is 1. The minimum atomic E-state index is -0.469. The number of nitrogens with one attached hydrogen (secondary N) is 2. The summed E-state index contributed by atoms with van der Waals surface area (Å²) in [7, 11) is 0. The summed E-state index contributed by atoms with van der Waals surface area (Å²) in [5.41, 5.74) is 7.94. The monoisotopic (exact) mass is 403 g/mol. The number of ether oxygens (including phenoxy) is 1. The Labute approximate surface area is 173 Å². The van der Waals surface area contributed by atoms with Crippen molar-refractivity contribution < 1.29 is 19.7 Å². The number of rotatable bonds is 5. The minimum absolute atomic E-state index is 0.143. The third-order valence-electron chi connectivity index (χ3n) is 4.25. The lowest BCUT2D eigenvalue weighted by Gasteiger charge is -2.12. The average Bonchev–Trinajstić information content (AvgIpc) is 2.71. The quantitative estimate of drug-likeness (QED) is 0.250. The molecule has 0 heterocycles. The normalized spacial score (nSPS) is 11.0. The molecule has 7 nitrogen and oxygen atoms in total. The fraction of sp³-hybridized carbons (Fsp3) is 0.0435. The zero-order chi connectivity index (χ0) is 21.7. The van der Waals surface area contributed by atoms with Gasteiger partial charge in [-0.25, -0.2) is 0 Å². The molecule has 0 radical (unpaired) electrons. The fourth-order valence-electron chi connectivity index (χ4n) is 2.79. The number of carbonyl (C=O) groups is 1. The van der Waals surface area contributed by atoms with E-state index in [4.69, 9.17) is 15.9 Å². The molecule has 0 saturated carbocycles. The molecule has 3 aromatic carbocycles. The smallest absolute Gasteiger partial charge is 0.253 e. The molecule has 0 unspecified atom stereocenters. The van der Waals surface area contributed by atoms with Crippen LogP contribution < -0.4 is 15.8 Å². The highest BCUT2D eigenvalue weighted by molar-refractivity contribution is 6.06. The second-order valence-electron chi connectivity index (χ2n) is 6.59. The summed E-state index contributed by atoms with van der Waals surface area (Å²) in [6.45, 7) is 1.62. The van der Waals surface area contributed by atoms with Gasteiger partial charge in [-0.3, -0.25) is 15.5 Å². The molecule has 7 heteroatoms. The van der Waals surface area contributed by atoms with Gasteiger partial charge in [-0.2, -0.15) is 0 Å². The molecule has 152 valence electrons. The van der Waals surface area contributed by atoms with Crippen LogP contribution in [-0.4, -0.2) is 22.1 Å². The summed E-state index contributed by atoms with van der Waals surface area (Å²) in [4.78, 5) is 12.1. The molecule has 3 aromatic rings. The fourth-order valence-corrected chi connectivity index (χ4v) is 2.79. The molecule has 6 N–H and O–H groups in total. The Balaban J connectivity index is 2.01. The van der Waals surface area contributed by atoms with Crippen LogP contribution in [0, 0.1) is 5.41 Å². The Morgan fingerprint density at radius 1 is 0.967 bits per heavy atom. The van der Waals surface area contributed by atoms with Crippen LogP contribution >= 0.6 is 0 Å². The number of aromatic hydroxyl groups is 2. The van der Waals surface area contributed by atoms with Crippen molar-refractivity contribution in [3.05, 3.63) is 77.9 Å². The summed E-state index contributed by atoms with van der Waals surface area (Å²) in [5.74, 6) is 0.514. The topological polar surface area (TPSA) is 129 Å². The molecule has 30 heavy (non-hydrogen) atoms. The van der Waals surface area contributed by atoms with Crippen LogP contribution in [0.4, 0.5) is 0 Å². The van der Waals surface area contributed by atoms with E-state index in [1.54, 1.807) is 55.5 Å². The van der Waals surface area contributed by atoms with Crippen LogP contribution in [0.3, 0.4) is 0 Å². The van der Waals surface area contributed by atoms with E-state index in [1.165, 1.54) is 12.1 Å². The predicted molar refractivity (Wildman–Crippen MR) is 115 cm³/mol. The highest BCUT2D eigenvalue weighted by Gasteiger charge is 2.10. The Morgan fingerprint density at radius 3 is 2.13 bits per heavy atom. The van der Waals surface area contributed by atoms with E-state index in [0.29, 0.717) is 17.1 Å². The standard InChI is InChI=1S/C23H21N3O4/c1-14(22(29)26-23(24)25)12-16-4-9-20(30-19-10-7-18(28)8-11-19)13-21(16)15-2-5-17(27)6-3-15/h2-13,27-28H,1H3,(H4,24,25,26,29)/b14-12+. The number of carbonyl (C=O) groups excluding carboxylic acids is 1. The van der Waals surface area contributed by atoms with Crippen LogP contribution in [0.25, 0.3) is 17.2 Å². The van der Waals surface area contributed by atoms with E-state index >= 15 is 0 Å². The van der Waals surface area contributed by atoms with E-state index in [-0.39, 0.29) is 11.5 Å². The van der Waals surface area contributed by atoms with E-state index in [0.717, 1.165) is 16.7 Å². The molecule has 0 fully saturated rings. The van der Waals surface area contributed by atoms with Crippen molar-refractivity contribution in [1.82, 2.24) is 5.32 Å². The number of hydrogen-bond acceptors (Lipinski definition) is 5. The maximum atomic E-state index is 12.1. The molecule has 3 rings (SSSR count). The zero-order valence-corrected chi connectivity index (χ0v) is 16.2. The molecule has 0 atom stereocenters. The van der Waals surface area contributed by atoms with Gasteiger partial charge in [-0.1, -0.05) is 18.2 Å². The molecule has 0 saturated heterocycles. The van der Waals surface area contributed by atoms with Crippen LogP contribution in [0.2, 0.25) is 0 Å². The van der Waals surface area contributed by atoms with Crippen molar-refractivity contribution in [3.63, 3.8) is 0 Å². The highest BCUT2D eigenvalue weighted by Crippen LogP contribution is 2.33. The van der Waals surface area contributed by atoms with Crippen LogP contribution in [-0.2, 0) is 4.79 Å². The summed E-state index contributed by atoms with van der Waals surface area (Å²) >= 11 is 0. The Kier molecular flexibility index (Phi) is 6.03.